The third-order valence-electron chi connectivity index (χ3n) is 3.33. The first-order valence-electron chi connectivity index (χ1n) is 7.73. The predicted molar refractivity (Wildman–Crippen MR) is 90.9 cm³/mol. The largest absolute Gasteiger partial charge is 0.496 e. The fourth-order valence-corrected chi connectivity index (χ4v) is 2.09. The first-order chi connectivity index (χ1) is 11.1. The second-order valence-electron chi connectivity index (χ2n) is 5.72. The molecule has 0 aliphatic carbocycles. The van der Waals surface area contributed by atoms with Crippen molar-refractivity contribution in [1.82, 2.24) is 5.32 Å². The summed E-state index contributed by atoms with van der Waals surface area (Å²) in [5.41, 5.74) is 1.55. The molecular formula is C19H23NO3. The number of methoxy groups -OCH3 is 1. The molecule has 0 radical (unpaired) electrons. The summed E-state index contributed by atoms with van der Waals surface area (Å²) in [7, 11) is 1.62. The van der Waals surface area contributed by atoms with Crippen LogP contribution in [0.4, 0.5) is 0 Å². The summed E-state index contributed by atoms with van der Waals surface area (Å²) in [5.74, 6) is 1.90. The molecular weight excluding hydrogens is 290 g/mol. The Morgan fingerprint density at radius 1 is 1.09 bits per heavy atom. The highest BCUT2D eigenvalue weighted by Gasteiger charge is 2.08. The van der Waals surface area contributed by atoms with Crippen LogP contribution in [0.3, 0.4) is 0 Å². The first-order valence-corrected chi connectivity index (χ1v) is 7.73. The van der Waals surface area contributed by atoms with Crippen LogP contribution in [-0.2, 0) is 6.54 Å². The van der Waals surface area contributed by atoms with Gasteiger partial charge in [-0.3, -0.25) is 4.79 Å². The van der Waals surface area contributed by atoms with Crippen LogP contribution >= 0.6 is 0 Å². The van der Waals surface area contributed by atoms with E-state index in [1.807, 2.05) is 36.4 Å². The lowest BCUT2D eigenvalue weighted by molar-refractivity contribution is 0.0950. The van der Waals surface area contributed by atoms with Crippen LogP contribution in [0.1, 0.15) is 29.8 Å². The Kier molecular flexibility index (Phi) is 6.03. The van der Waals surface area contributed by atoms with E-state index in [1.165, 1.54) is 0 Å². The monoisotopic (exact) mass is 313 g/mol. The second kappa shape index (κ2) is 8.22. The summed E-state index contributed by atoms with van der Waals surface area (Å²) in [6.07, 6.45) is 0. The van der Waals surface area contributed by atoms with Gasteiger partial charge in [-0.25, -0.2) is 0 Å². The molecule has 0 aromatic heterocycles. The number of nitrogens with one attached hydrogen (secondary N) is 1. The molecule has 0 unspecified atom stereocenters. The lowest BCUT2D eigenvalue weighted by Crippen LogP contribution is -2.23. The summed E-state index contributed by atoms with van der Waals surface area (Å²) >= 11 is 0. The van der Waals surface area contributed by atoms with Gasteiger partial charge in [-0.1, -0.05) is 32.0 Å². The Bertz CT molecular complexity index is 635. The van der Waals surface area contributed by atoms with E-state index in [2.05, 4.69) is 19.2 Å². The highest BCUT2D eigenvalue weighted by molar-refractivity contribution is 5.94. The summed E-state index contributed by atoms with van der Waals surface area (Å²) in [6, 6.07) is 14.8. The molecule has 0 atom stereocenters. The average molecular weight is 313 g/mol. The van der Waals surface area contributed by atoms with Gasteiger partial charge in [0.2, 0.25) is 0 Å². The molecule has 122 valence electrons. The number of hydrogen-bond acceptors (Lipinski definition) is 3. The van der Waals surface area contributed by atoms with Gasteiger partial charge in [0.15, 0.2) is 0 Å². The molecule has 0 saturated heterocycles. The minimum Gasteiger partial charge on any atom is -0.496 e. The third-order valence-corrected chi connectivity index (χ3v) is 3.33. The normalized spacial score (nSPS) is 10.4. The van der Waals surface area contributed by atoms with Crippen molar-refractivity contribution in [3.63, 3.8) is 0 Å². The van der Waals surface area contributed by atoms with Crippen molar-refractivity contribution in [3.8, 4) is 11.5 Å². The molecule has 0 spiro atoms. The van der Waals surface area contributed by atoms with Gasteiger partial charge in [0.1, 0.15) is 11.5 Å². The van der Waals surface area contributed by atoms with E-state index in [9.17, 15) is 4.79 Å². The molecule has 2 aromatic carbocycles. The van der Waals surface area contributed by atoms with Crippen molar-refractivity contribution < 1.29 is 14.3 Å². The maximum absolute atomic E-state index is 12.2. The summed E-state index contributed by atoms with van der Waals surface area (Å²) in [6.45, 7) is 5.28. The molecule has 0 aliphatic heterocycles. The summed E-state index contributed by atoms with van der Waals surface area (Å²) in [4.78, 5) is 12.2. The zero-order chi connectivity index (χ0) is 16.7. The van der Waals surface area contributed by atoms with E-state index in [1.54, 1.807) is 19.2 Å². The molecule has 0 heterocycles. The van der Waals surface area contributed by atoms with Crippen LogP contribution in [0.2, 0.25) is 0 Å². The molecule has 1 N–H and O–H groups in total. The van der Waals surface area contributed by atoms with Crippen molar-refractivity contribution in [2.75, 3.05) is 13.7 Å². The molecule has 0 aliphatic rings. The number of benzene rings is 2. The zero-order valence-electron chi connectivity index (χ0n) is 13.8. The Labute approximate surface area is 137 Å². The fraction of sp³-hybridized carbons (Fsp3) is 0.316. The molecule has 0 fully saturated rings. The molecule has 23 heavy (non-hydrogen) atoms. The number of carbonyl (C=O) groups excluding carboxylic acids is 1. The van der Waals surface area contributed by atoms with Crippen LogP contribution in [-0.4, -0.2) is 19.6 Å². The lowest BCUT2D eigenvalue weighted by atomic mass is 10.1. The standard InChI is InChI=1S/C19H23NO3/c1-14(2)13-23-17-10-8-15(9-11-17)19(21)20-12-16-6-4-5-7-18(16)22-3/h4-11,14H,12-13H2,1-3H3,(H,20,21). The average Bonchev–Trinajstić information content (AvgIpc) is 2.58. The van der Waals surface area contributed by atoms with Crippen molar-refractivity contribution in [3.05, 3.63) is 59.7 Å². The van der Waals surface area contributed by atoms with Gasteiger partial charge in [-0.05, 0) is 36.2 Å². The van der Waals surface area contributed by atoms with E-state index in [4.69, 9.17) is 9.47 Å². The smallest absolute Gasteiger partial charge is 0.251 e. The van der Waals surface area contributed by atoms with E-state index >= 15 is 0 Å². The van der Waals surface area contributed by atoms with Gasteiger partial charge >= 0.3 is 0 Å². The number of carbonyl (C=O) groups is 1. The molecule has 4 heteroatoms. The number of ether oxygens (including phenoxy) is 2. The maximum Gasteiger partial charge on any atom is 0.251 e. The van der Waals surface area contributed by atoms with Gasteiger partial charge in [-0.2, -0.15) is 0 Å². The Hall–Kier alpha value is -2.49. The fourth-order valence-electron chi connectivity index (χ4n) is 2.09. The van der Waals surface area contributed by atoms with Gasteiger partial charge in [0.25, 0.3) is 5.91 Å². The Balaban J connectivity index is 1.93. The topological polar surface area (TPSA) is 47.6 Å². The molecule has 4 nitrogen and oxygen atoms in total. The van der Waals surface area contributed by atoms with Crippen LogP contribution in [0, 0.1) is 5.92 Å². The minimum atomic E-state index is -0.119. The van der Waals surface area contributed by atoms with Crippen molar-refractivity contribution in [2.45, 2.75) is 20.4 Å². The van der Waals surface area contributed by atoms with E-state index < -0.39 is 0 Å². The quantitative estimate of drug-likeness (QED) is 0.848. The second-order valence-corrected chi connectivity index (χ2v) is 5.72. The number of hydrogen-bond donors (Lipinski definition) is 1. The number of rotatable bonds is 7. The van der Waals surface area contributed by atoms with E-state index in [-0.39, 0.29) is 5.91 Å². The Morgan fingerprint density at radius 2 is 1.78 bits per heavy atom. The lowest BCUT2D eigenvalue weighted by Gasteiger charge is -2.11. The Morgan fingerprint density at radius 3 is 2.43 bits per heavy atom. The van der Waals surface area contributed by atoms with E-state index in [0.29, 0.717) is 24.6 Å². The number of para-hydroxylation sites is 1. The maximum atomic E-state index is 12.2. The molecule has 0 bridgehead atoms. The van der Waals surface area contributed by atoms with Crippen LogP contribution in [0.5, 0.6) is 11.5 Å². The van der Waals surface area contributed by atoms with Crippen LogP contribution in [0.15, 0.2) is 48.5 Å². The highest BCUT2D eigenvalue weighted by Crippen LogP contribution is 2.17. The third kappa shape index (κ3) is 5.02. The van der Waals surface area contributed by atoms with Crippen molar-refractivity contribution in [2.24, 2.45) is 5.92 Å². The molecule has 0 saturated carbocycles. The number of amides is 1. The predicted octanol–water partition coefficient (Wildman–Crippen LogP) is 3.66. The van der Waals surface area contributed by atoms with Gasteiger partial charge < -0.3 is 14.8 Å². The van der Waals surface area contributed by atoms with Crippen LogP contribution in [0.25, 0.3) is 0 Å². The molecule has 2 rings (SSSR count). The first kappa shape index (κ1) is 16.9. The van der Waals surface area contributed by atoms with Crippen LogP contribution < -0.4 is 14.8 Å². The molecule has 1 amide bonds. The SMILES string of the molecule is COc1ccccc1CNC(=O)c1ccc(OCC(C)C)cc1. The minimum absolute atomic E-state index is 0.119. The summed E-state index contributed by atoms with van der Waals surface area (Å²) < 4.78 is 10.9. The van der Waals surface area contributed by atoms with Crippen molar-refractivity contribution in [1.29, 1.82) is 0 Å². The molecule has 2 aromatic rings. The van der Waals surface area contributed by atoms with Gasteiger partial charge in [0, 0.05) is 17.7 Å². The zero-order valence-corrected chi connectivity index (χ0v) is 13.8. The van der Waals surface area contributed by atoms with E-state index in [0.717, 1.165) is 17.1 Å². The van der Waals surface area contributed by atoms with Gasteiger partial charge in [-0.15, -0.1) is 0 Å². The van der Waals surface area contributed by atoms with Crippen molar-refractivity contribution >= 4 is 5.91 Å². The highest BCUT2D eigenvalue weighted by atomic mass is 16.5. The summed E-state index contributed by atoms with van der Waals surface area (Å²) in [5, 5.41) is 2.90. The van der Waals surface area contributed by atoms with Gasteiger partial charge in [0.05, 0.1) is 13.7 Å².